The van der Waals surface area contributed by atoms with Gasteiger partial charge in [-0.3, -0.25) is 0 Å². The van der Waals surface area contributed by atoms with Crippen molar-refractivity contribution in [1.82, 2.24) is 14.6 Å². The Morgan fingerprint density at radius 1 is 1.46 bits per heavy atom. The Morgan fingerprint density at radius 2 is 2.31 bits per heavy atom. The molecule has 2 rings (SSSR count). The standard InChI is InChI=1S/C10H13N3/c1-8(2)6-9-10-4-3-5-13(10)12-7-11-9/h3-5,7-8H,6H2,1-2H3. The zero-order chi connectivity index (χ0) is 9.26. The molecule has 0 bridgehead atoms. The quantitative estimate of drug-likeness (QED) is 0.698. The first-order chi connectivity index (χ1) is 6.27. The number of aromatic nitrogens is 3. The van der Waals surface area contributed by atoms with E-state index in [1.54, 1.807) is 6.33 Å². The number of hydrogen-bond donors (Lipinski definition) is 0. The minimum Gasteiger partial charge on any atom is -0.238 e. The van der Waals surface area contributed by atoms with Crippen molar-refractivity contribution in [1.29, 1.82) is 0 Å². The van der Waals surface area contributed by atoms with Crippen LogP contribution in [0, 0.1) is 5.92 Å². The Labute approximate surface area is 77.4 Å². The van der Waals surface area contributed by atoms with Crippen molar-refractivity contribution in [2.75, 3.05) is 0 Å². The van der Waals surface area contributed by atoms with Gasteiger partial charge in [0.1, 0.15) is 6.33 Å². The summed E-state index contributed by atoms with van der Waals surface area (Å²) in [4.78, 5) is 4.29. The fraction of sp³-hybridized carbons (Fsp3) is 0.400. The van der Waals surface area contributed by atoms with Crippen LogP contribution in [0.25, 0.3) is 5.52 Å². The number of nitrogens with zero attached hydrogens (tertiary/aromatic N) is 3. The van der Waals surface area contributed by atoms with Crippen LogP contribution in [-0.4, -0.2) is 14.6 Å². The summed E-state index contributed by atoms with van der Waals surface area (Å²) >= 11 is 0. The molecule has 3 nitrogen and oxygen atoms in total. The molecule has 0 aromatic carbocycles. The zero-order valence-corrected chi connectivity index (χ0v) is 7.94. The molecule has 3 heteroatoms. The second kappa shape index (κ2) is 3.17. The Morgan fingerprint density at radius 3 is 3.08 bits per heavy atom. The van der Waals surface area contributed by atoms with Crippen LogP contribution in [0.5, 0.6) is 0 Å². The van der Waals surface area contributed by atoms with Crippen LogP contribution in [0.4, 0.5) is 0 Å². The Balaban J connectivity index is 2.48. The molecule has 0 saturated heterocycles. The SMILES string of the molecule is CC(C)Cc1ncnn2cccc12. The van der Waals surface area contributed by atoms with Gasteiger partial charge in [0.15, 0.2) is 0 Å². The van der Waals surface area contributed by atoms with Crippen molar-refractivity contribution < 1.29 is 0 Å². The zero-order valence-electron chi connectivity index (χ0n) is 7.94. The highest BCUT2D eigenvalue weighted by Gasteiger charge is 2.04. The average molecular weight is 175 g/mol. The molecule has 0 N–H and O–H groups in total. The number of fused-ring (bicyclic) bond motifs is 1. The Bertz CT molecular complexity index is 403. The van der Waals surface area contributed by atoms with E-state index in [9.17, 15) is 0 Å². The summed E-state index contributed by atoms with van der Waals surface area (Å²) in [6, 6.07) is 4.05. The molecule has 68 valence electrons. The maximum atomic E-state index is 4.29. The van der Waals surface area contributed by atoms with Gasteiger partial charge in [-0.25, -0.2) is 9.50 Å². The van der Waals surface area contributed by atoms with E-state index in [2.05, 4.69) is 30.0 Å². The normalized spacial score (nSPS) is 11.3. The van der Waals surface area contributed by atoms with E-state index in [0.29, 0.717) is 5.92 Å². The van der Waals surface area contributed by atoms with Crippen LogP contribution in [-0.2, 0) is 6.42 Å². The summed E-state index contributed by atoms with van der Waals surface area (Å²) in [7, 11) is 0. The topological polar surface area (TPSA) is 30.2 Å². The van der Waals surface area contributed by atoms with Crippen molar-refractivity contribution in [3.05, 3.63) is 30.4 Å². The summed E-state index contributed by atoms with van der Waals surface area (Å²) in [6.45, 7) is 4.39. The second-order valence-electron chi connectivity index (χ2n) is 3.64. The third-order valence-corrected chi connectivity index (χ3v) is 2.02. The lowest BCUT2D eigenvalue weighted by molar-refractivity contribution is 0.632. The Kier molecular flexibility index (Phi) is 2.00. The van der Waals surface area contributed by atoms with Crippen LogP contribution in [0.2, 0.25) is 0 Å². The van der Waals surface area contributed by atoms with Crippen LogP contribution < -0.4 is 0 Å². The maximum absolute atomic E-state index is 4.29. The van der Waals surface area contributed by atoms with Gasteiger partial charge in [-0.1, -0.05) is 13.8 Å². The average Bonchev–Trinajstić information content (AvgIpc) is 2.51. The van der Waals surface area contributed by atoms with Crippen LogP contribution in [0.15, 0.2) is 24.7 Å². The smallest absolute Gasteiger partial charge is 0.136 e. The minimum absolute atomic E-state index is 0.633. The van der Waals surface area contributed by atoms with Crippen LogP contribution in [0.1, 0.15) is 19.5 Å². The van der Waals surface area contributed by atoms with Gasteiger partial charge in [0.2, 0.25) is 0 Å². The Hall–Kier alpha value is -1.38. The molecular weight excluding hydrogens is 162 g/mol. The van der Waals surface area contributed by atoms with Gasteiger partial charge in [0, 0.05) is 6.20 Å². The van der Waals surface area contributed by atoms with E-state index in [4.69, 9.17) is 0 Å². The van der Waals surface area contributed by atoms with E-state index >= 15 is 0 Å². The fourth-order valence-corrected chi connectivity index (χ4v) is 1.46. The van der Waals surface area contributed by atoms with Gasteiger partial charge < -0.3 is 0 Å². The molecule has 0 radical (unpaired) electrons. The number of hydrogen-bond acceptors (Lipinski definition) is 2. The van der Waals surface area contributed by atoms with Gasteiger partial charge in [-0.05, 0) is 24.5 Å². The lowest BCUT2D eigenvalue weighted by atomic mass is 10.1. The molecule has 0 spiro atoms. The summed E-state index contributed by atoms with van der Waals surface area (Å²) < 4.78 is 1.87. The molecule has 0 amide bonds. The summed E-state index contributed by atoms with van der Waals surface area (Å²) in [5.74, 6) is 0.633. The molecule has 0 saturated carbocycles. The lowest BCUT2D eigenvalue weighted by Gasteiger charge is -2.04. The monoisotopic (exact) mass is 175 g/mol. The predicted octanol–water partition coefficient (Wildman–Crippen LogP) is 1.93. The third-order valence-electron chi connectivity index (χ3n) is 2.02. The van der Waals surface area contributed by atoms with Crippen molar-refractivity contribution >= 4 is 5.52 Å². The van der Waals surface area contributed by atoms with Gasteiger partial charge in [-0.15, -0.1) is 0 Å². The number of rotatable bonds is 2. The van der Waals surface area contributed by atoms with Gasteiger partial charge in [0.25, 0.3) is 0 Å². The first kappa shape index (κ1) is 8.23. The maximum Gasteiger partial charge on any atom is 0.136 e. The van der Waals surface area contributed by atoms with Crippen molar-refractivity contribution in [3.63, 3.8) is 0 Å². The molecule has 0 unspecified atom stereocenters. The lowest BCUT2D eigenvalue weighted by Crippen LogP contribution is -2.02. The molecule has 0 aliphatic carbocycles. The molecule has 0 aliphatic heterocycles. The fourth-order valence-electron chi connectivity index (χ4n) is 1.46. The van der Waals surface area contributed by atoms with Gasteiger partial charge >= 0.3 is 0 Å². The van der Waals surface area contributed by atoms with E-state index in [-0.39, 0.29) is 0 Å². The second-order valence-corrected chi connectivity index (χ2v) is 3.64. The molecule has 0 fully saturated rings. The van der Waals surface area contributed by atoms with Gasteiger partial charge in [0.05, 0.1) is 11.2 Å². The van der Waals surface area contributed by atoms with Crippen LogP contribution >= 0.6 is 0 Å². The summed E-state index contributed by atoms with van der Waals surface area (Å²) in [6.07, 6.45) is 4.57. The van der Waals surface area contributed by atoms with Crippen LogP contribution in [0.3, 0.4) is 0 Å². The van der Waals surface area contributed by atoms with Crippen molar-refractivity contribution in [2.45, 2.75) is 20.3 Å². The highest BCUT2D eigenvalue weighted by molar-refractivity contribution is 5.50. The van der Waals surface area contributed by atoms with Crippen molar-refractivity contribution in [2.24, 2.45) is 5.92 Å². The van der Waals surface area contributed by atoms with E-state index in [1.807, 2.05) is 16.8 Å². The predicted molar refractivity (Wildman–Crippen MR) is 51.5 cm³/mol. The largest absolute Gasteiger partial charge is 0.238 e. The molecule has 2 aromatic rings. The van der Waals surface area contributed by atoms with Crippen molar-refractivity contribution in [3.8, 4) is 0 Å². The first-order valence-corrected chi connectivity index (χ1v) is 4.54. The highest BCUT2D eigenvalue weighted by Crippen LogP contribution is 2.11. The van der Waals surface area contributed by atoms with E-state index in [1.165, 1.54) is 0 Å². The summed E-state index contributed by atoms with van der Waals surface area (Å²) in [5, 5.41) is 4.11. The first-order valence-electron chi connectivity index (χ1n) is 4.54. The van der Waals surface area contributed by atoms with Gasteiger partial charge in [-0.2, -0.15) is 5.10 Å². The molecular formula is C10H13N3. The van der Waals surface area contributed by atoms with E-state index < -0.39 is 0 Å². The molecule has 13 heavy (non-hydrogen) atoms. The molecule has 0 atom stereocenters. The molecule has 2 aromatic heterocycles. The van der Waals surface area contributed by atoms with E-state index in [0.717, 1.165) is 17.6 Å². The third kappa shape index (κ3) is 1.54. The molecule has 2 heterocycles. The minimum atomic E-state index is 0.633. The molecule has 0 aliphatic rings. The highest BCUT2D eigenvalue weighted by atomic mass is 15.2. The summed E-state index contributed by atoms with van der Waals surface area (Å²) in [5.41, 5.74) is 2.26.